The number of amides is 2. The summed E-state index contributed by atoms with van der Waals surface area (Å²) in [5.74, 6) is 0.877. The molecule has 0 radical (unpaired) electrons. The SMILES string of the molecule is N#Cc1ccc(N2CCN(C(=O)N3CCCC3)CC2)nc1. The fourth-order valence-corrected chi connectivity index (χ4v) is 2.87. The van der Waals surface area contributed by atoms with Gasteiger partial charge >= 0.3 is 6.03 Å². The van der Waals surface area contributed by atoms with Gasteiger partial charge in [-0.15, -0.1) is 0 Å². The highest BCUT2D eigenvalue weighted by atomic mass is 16.2. The lowest BCUT2D eigenvalue weighted by atomic mass is 10.2. The Balaban J connectivity index is 1.57. The molecule has 6 heteroatoms. The van der Waals surface area contributed by atoms with E-state index in [9.17, 15) is 4.79 Å². The minimum atomic E-state index is 0.180. The van der Waals surface area contributed by atoms with Crippen molar-refractivity contribution >= 4 is 11.8 Å². The zero-order chi connectivity index (χ0) is 14.7. The molecule has 0 aromatic carbocycles. The molecule has 0 bridgehead atoms. The zero-order valence-electron chi connectivity index (χ0n) is 12.0. The third kappa shape index (κ3) is 2.92. The van der Waals surface area contributed by atoms with Gasteiger partial charge in [0, 0.05) is 45.5 Å². The minimum Gasteiger partial charge on any atom is -0.353 e. The normalized spacial score (nSPS) is 18.7. The summed E-state index contributed by atoms with van der Waals surface area (Å²) in [6.45, 7) is 4.84. The number of nitrogens with zero attached hydrogens (tertiary/aromatic N) is 5. The van der Waals surface area contributed by atoms with E-state index in [-0.39, 0.29) is 6.03 Å². The topological polar surface area (TPSA) is 63.5 Å². The molecule has 0 spiro atoms. The Kier molecular flexibility index (Phi) is 3.91. The molecule has 3 rings (SSSR count). The molecule has 2 saturated heterocycles. The van der Waals surface area contributed by atoms with E-state index < -0.39 is 0 Å². The van der Waals surface area contributed by atoms with Crippen molar-refractivity contribution in [1.29, 1.82) is 5.26 Å². The molecular formula is C15H19N5O. The highest BCUT2D eigenvalue weighted by molar-refractivity contribution is 5.75. The molecular weight excluding hydrogens is 266 g/mol. The fourth-order valence-electron chi connectivity index (χ4n) is 2.87. The van der Waals surface area contributed by atoms with Gasteiger partial charge in [0.25, 0.3) is 0 Å². The Labute approximate surface area is 124 Å². The minimum absolute atomic E-state index is 0.180. The molecule has 0 saturated carbocycles. The summed E-state index contributed by atoms with van der Waals surface area (Å²) < 4.78 is 0. The molecule has 2 fully saturated rings. The second-order valence-corrected chi connectivity index (χ2v) is 5.47. The standard InChI is InChI=1S/C15H19N5O/c16-11-13-3-4-14(17-12-13)18-7-9-20(10-8-18)15(21)19-5-1-2-6-19/h3-4,12H,1-2,5-10H2. The largest absolute Gasteiger partial charge is 0.353 e. The van der Waals surface area contributed by atoms with Gasteiger partial charge in [0.2, 0.25) is 0 Å². The number of aromatic nitrogens is 1. The van der Waals surface area contributed by atoms with Crippen molar-refractivity contribution in [3.8, 4) is 6.07 Å². The number of piperazine rings is 1. The van der Waals surface area contributed by atoms with Crippen molar-refractivity contribution in [3.05, 3.63) is 23.9 Å². The molecule has 0 atom stereocenters. The number of hydrogen-bond donors (Lipinski definition) is 0. The van der Waals surface area contributed by atoms with Crippen LogP contribution in [0.3, 0.4) is 0 Å². The van der Waals surface area contributed by atoms with Gasteiger partial charge in [0.05, 0.1) is 5.56 Å². The molecule has 1 aromatic rings. The smallest absolute Gasteiger partial charge is 0.320 e. The summed E-state index contributed by atoms with van der Waals surface area (Å²) in [7, 11) is 0. The molecule has 2 aliphatic rings. The lowest BCUT2D eigenvalue weighted by Crippen LogP contribution is -2.52. The molecule has 21 heavy (non-hydrogen) atoms. The van der Waals surface area contributed by atoms with Crippen LogP contribution in [0.1, 0.15) is 18.4 Å². The maximum atomic E-state index is 12.3. The second-order valence-electron chi connectivity index (χ2n) is 5.47. The lowest BCUT2D eigenvalue weighted by molar-refractivity contribution is 0.159. The summed E-state index contributed by atoms with van der Waals surface area (Å²) in [6.07, 6.45) is 3.85. The number of carbonyl (C=O) groups is 1. The first-order chi connectivity index (χ1) is 10.3. The third-order valence-electron chi connectivity index (χ3n) is 4.13. The molecule has 0 unspecified atom stereocenters. The highest BCUT2D eigenvalue weighted by Gasteiger charge is 2.27. The van der Waals surface area contributed by atoms with E-state index in [0.29, 0.717) is 5.56 Å². The number of nitriles is 1. The van der Waals surface area contributed by atoms with Gasteiger partial charge in [-0.05, 0) is 25.0 Å². The Morgan fingerprint density at radius 3 is 2.29 bits per heavy atom. The summed E-state index contributed by atoms with van der Waals surface area (Å²) in [4.78, 5) is 22.7. The predicted octanol–water partition coefficient (Wildman–Crippen LogP) is 1.29. The number of rotatable bonds is 1. The zero-order valence-corrected chi connectivity index (χ0v) is 12.0. The molecule has 0 N–H and O–H groups in total. The molecule has 2 amide bonds. The number of carbonyl (C=O) groups excluding carboxylic acids is 1. The van der Waals surface area contributed by atoms with Crippen LogP contribution in [-0.4, -0.2) is 60.1 Å². The van der Waals surface area contributed by atoms with Crippen LogP contribution in [0.5, 0.6) is 0 Å². The van der Waals surface area contributed by atoms with Crippen LogP contribution in [0.4, 0.5) is 10.6 Å². The highest BCUT2D eigenvalue weighted by Crippen LogP contribution is 2.16. The van der Waals surface area contributed by atoms with E-state index in [1.807, 2.05) is 15.9 Å². The number of urea groups is 1. The van der Waals surface area contributed by atoms with Gasteiger partial charge in [0.15, 0.2) is 0 Å². The Bertz CT molecular complexity index is 536. The van der Waals surface area contributed by atoms with Gasteiger partial charge in [-0.3, -0.25) is 0 Å². The molecule has 6 nitrogen and oxygen atoms in total. The van der Waals surface area contributed by atoms with E-state index >= 15 is 0 Å². The van der Waals surface area contributed by atoms with E-state index in [2.05, 4.69) is 16.0 Å². The molecule has 1 aromatic heterocycles. The van der Waals surface area contributed by atoms with E-state index in [4.69, 9.17) is 5.26 Å². The van der Waals surface area contributed by atoms with Crippen molar-refractivity contribution in [2.75, 3.05) is 44.2 Å². The van der Waals surface area contributed by atoms with Crippen molar-refractivity contribution in [2.45, 2.75) is 12.8 Å². The van der Waals surface area contributed by atoms with Crippen molar-refractivity contribution < 1.29 is 4.79 Å². The van der Waals surface area contributed by atoms with Gasteiger partial charge in [-0.2, -0.15) is 5.26 Å². The third-order valence-corrected chi connectivity index (χ3v) is 4.13. The van der Waals surface area contributed by atoms with Gasteiger partial charge in [-0.25, -0.2) is 9.78 Å². The average Bonchev–Trinajstić information content (AvgIpc) is 3.09. The molecule has 110 valence electrons. The van der Waals surface area contributed by atoms with Crippen molar-refractivity contribution in [1.82, 2.24) is 14.8 Å². The Morgan fingerprint density at radius 2 is 1.71 bits per heavy atom. The first kappa shape index (κ1) is 13.7. The summed E-state index contributed by atoms with van der Waals surface area (Å²) in [6, 6.07) is 5.90. The van der Waals surface area contributed by atoms with Gasteiger partial charge in [0.1, 0.15) is 11.9 Å². The Hall–Kier alpha value is -2.29. The predicted molar refractivity (Wildman–Crippen MR) is 78.9 cm³/mol. The number of pyridine rings is 1. The van der Waals surface area contributed by atoms with Crippen molar-refractivity contribution in [2.24, 2.45) is 0 Å². The van der Waals surface area contributed by atoms with Crippen LogP contribution in [0.2, 0.25) is 0 Å². The summed E-state index contributed by atoms with van der Waals surface area (Å²) >= 11 is 0. The van der Waals surface area contributed by atoms with Crippen LogP contribution >= 0.6 is 0 Å². The average molecular weight is 285 g/mol. The first-order valence-corrected chi connectivity index (χ1v) is 7.43. The summed E-state index contributed by atoms with van der Waals surface area (Å²) in [5.41, 5.74) is 0.571. The maximum Gasteiger partial charge on any atom is 0.320 e. The van der Waals surface area contributed by atoms with Crippen LogP contribution < -0.4 is 4.90 Å². The molecule has 3 heterocycles. The van der Waals surface area contributed by atoms with E-state index in [0.717, 1.165) is 57.9 Å². The number of likely N-dealkylation sites (tertiary alicyclic amines) is 1. The van der Waals surface area contributed by atoms with Gasteiger partial charge in [-0.1, -0.05) is 0 Å². The number of anilines is 1. The van der Waals surface area contributed by atoms with Crippen LogP contribution in [0.25, 0.3) is 0 Å². The molecule has 2 aliphatic heterocycles. The first-order valence-electron chi connectivity index (χ1n) is 7.43. The lowest BCUT2D eigenvalue weighted by Gasteiger charge is -2.37. The summed E-state index contributed by atoms with van der Waals surface area (Å²) in [5, 5.41) is 8.79. The fraction of sp³-hybridized carbons (Fsp3) is 0.533. The van der Waals surface area contributed by atoms with Crippen LogP contribution in [0, 0.1) is 11.3 Å². The van der Waals surface area contributed by atoms with Gasteiger partial charge < -0.3 is 14.7 Å². The van der Waals surface area contributed by atoms with E-state index in [1.54, 1.807) is 12.3 Å². The van der Waals surface area contributed by atoms with Crippen molar-refractivity contribution in [3.63, 3.8) is 0 Å². The quantitative estimate of drug-likeness (QED) is 0.780. The van der Waals surface area contributed by atoms with Crippen LogP contribution in [-0.2, 0) is 0 Å². The maximum absolute atomic E-state index is 12.3. The number of hydrogen-bond acceptors (Lipinski definition) is 4. The Morgan fingerprint density at radius 1 is 1.05 bits per heavy atom. The monoisotopic (exact) mass is 285 g/mol. The van der Waals surface area contributed by atoms with Crippen LogP contribution in [0.15, 0.2) is 18.3 Å². The molecule has 0 aliphatic carbocycles. The van der Waals surface area contributed by atoms with E-state index in [1.165, 1.54) is 0 Å². The second kappa shape index (κ2) is 6.00.